The van der Waals surface area contributed by atoms with E-state index in [1.165, 1.54) is 38.2 Å². The summed E-state index contributed by atoms with van der Waals surface area (Å²) in [6.07, 6.45) is 2.54. The third-order valence-electron chi connectivity index (χ3n) is 3.52. The van der Waals surface area contributed by atoms with Gasteiger partial charge in [-0.1, -0.05) is 5.16 Å². The number of hydrogen-bond acceptors (Lipinski definition) is 5. The molecule has 0 aromatic heterocycles. The van der Waals surface area contributed by atoms with Crippen molar-refractivity contribution in [2.75, 3.05) is 26.7 Å². The molecule has 0 radical (unpaired) electrons. The second-order valence-corrected chi connectivity index (χ2v) is 4.53. The maximum absolute atomic E-state index is 9.10. The minimum atomic E-state index is -1.82. The van der Waals surface area contributed by atoms with E-state index >= 15 is 0 Å². The molecular weight excluding hydrogens is 240 g/mol. The van der Waals surface area contributed by atoms with Crippen LogP contribution in [0.1, 0.15) is 19.8 Å². The highest BCUT2D eigenvalue weighted by Crippen LogP contribution is 2.41. The number of fused-ring (bicyclic) bond motifs is 2. The number of carbonyl (C=O) groups is 2. The smallest absolute Gasteiger partial charge is 0.414 e. The molecule has 0 unspecified atom stereocenters. The average Bonchev–Trinajstić information content (AvgIpc) is 2.91. The van der Waals surface area contributed by atoms with Crippen LogP contribution in [0.15, 0.2) is 5.16 Å². The number of rotatable bonds is 2. The fraction of sp³-hybridized carbons (Fsp3) is 0.727. The van der Waals surface area contributed by atoms with Gasteiger partial charge in [-0.05, 0) is 32.9 Å². The van der Waals surface area contributed by atoms with Crippen molar-refractivity contribution in [3.05, 3.63) is 0 Å². The fourth-order valence-corrected chi connectivity index (χ4v) is 2.44. The third kappa shape index (κ3) is 3.19. The normalized spacial score (nSPS) is 29.4. The topological polar surface area (TPSA) is 99.4 Å². The van der Waals surface area contributed by atoms with Gasteiger partial charge in [0.2, 0.25) is 0 Å². The number of piperidine rings is 1. The number of hydrogen-bond donors (Lipinski definition) is 2. The zero-order chi connectivity index (χ0) is 13.8. The first-order chi connectivity index (χ1) is 8.41. The molecule has 2 saturated heterocycles. The van der Waals surface area contributed by atoms with E-state index < -0.39 is 11.9 Å². The molecule has 0 saturated carbocycles. The van der Waals surface area contributed by atoms with Crippen LogP contribution in [0.2, 0.25) is 0 Å². The number of oxime groups is 1. The van der Waals surface area contributed by atoms with Gasteiger partial charge in [-0.15, -0.1) is 0 Å². The van der Waals surface area contributed by atoms with Crippen LogP contribution >= 0.6 is 0 Å². The highest BCUT2D eigenvalue weighted by atomic mass is 16.6. The molecule has 2 rings (SSSR count). The SMILES string of the molecule is CON=C(C)C12CCN(CC1)C2.O=C(O)C(=O)O. The van der Waals surface area contributed by atoms with Gasteiger partial charge < -0.3 is 20.0 Å². The van der Waals surface area contributed by atoms with Gasteiger partial charge >= 0.3 is 11.9 Å². The maximum atomic E-state index is 9.10. The summed E-state index contributed by atoms with van der Waals surface area (Å²) in [5.41, 5.74) is 1.56. The highest BCUT2D eigenvalue weighted by Gasteiger charge is 2.45. The van der Waals surface area contributed by atoms with Gasteiger partial charge in [0.25, 0.3) is 0 Å². The Balaban J connectivity index is 0.000000232. The summed E-state index contributed by atoms with van der Waals surface area (Å²) in [6.45, 7) is 5.79. The van der Waals surface area contributed by atoms with Gasteiger partial charge in [-0.25, -0.2) is 9.59 Å². The quantitative estimate of drug-likeness (QED) is 0.419. The van der Waals surface area contributed by atoms with Gasteiger partial charge in [0.15, 0.2) is 0 Å². The summed E-state index contributed by atoms with van der Waals surface area (Å²) in [5, 5.41) is 18.8. The molecule has 2 N–H and O–H groups in total. The highest BCUT2D eigenvalue weighted by molar-refractivity contribution is 6.27. The standard InChI is InChI=1S/C9H16N2O.C2H2O4/c1-8(10-12-2)9-3-5-11(7-9)6-4-9;3-1(4)2(5)6/h3-7H2,1-2H3;(H,3,4)(H,5,6). The molecular formula is C11H18N2O5. The van der Waals surface area contributed by atoms with Gasteiger partial charge in [-0.2, -0.15) is 0 Å². The van der Waals surface area contributed by atoms with Crippen LogP contribution in [0, 0.1) is 5.41 Å². The Bertz CT molecular complexity index is 346. The predicted molar refractivity (Wildman–Crippen MR) is 63.5 cm³/mol. The Kier molecular flexibility index (Phi) is 4.66. The first-order valence-electron chi connectivity index (χ1n) is 5.68. The maximum Gasteiger partial charge on any atom is 0.414 e. The molecule has 2 aliphatic rings. The van der Waals surface area contributed by atoms with E-state index in [1.807, 2.05) is 0 Å². The lowest BCUT2D eigenvalue weighted by Gasteiger charge is -2.23. The molecule has 0 aromatic carbocycles. The average molecular weight is 258 g/mol. The Hall–Kier alpha value is -1.63. The molecule has 0 spiro atoms. The van der Waals surface area contributed by atoms with E-state index in [9.17, 15) is 0 Å². The summed E-state index contributed by atoms with van der Waals surface area (Å²) in [6, 6.07) is 0. The Labute approximate surface area is 105 Å². The monoisotopic (exact) mass is 258 g/mol. The number of carboxylic acids is 2. The van der Waals surface area contributed by atoms with Crippen LogP contribution in [0.4, 0.5) is 0 Å². The molecule has 102 valence electrons. The van der Waals surface area contributed by atoms with Crippen LogP contribution in [-0.4, -0.2) is 59.5 Å². The van der Waals surface area contributed by atoms with Gasteiger partial charge in [0, 0.05) is 12.0 Å². The van der Waals surface area contributed by atoms with E-state index in [2.05, 4.69) is 17.0 Å². The summed E-state index contributed by atoms with van der Waals surface area (Å²) in [4.78, 5) is 25.5. The Morgan fingerprint density at radius 2 is 1.72 bits per heavy atom. The molecule has 2 bridgehead atoms. The summed E-state index contributed by atoms with van der Waals surface area (Å²) < 4.78 is 0. The van der Waals surface area contributed by atoms with Crippen molar-refractivity contribution in [1.82, 2.24) is 4.90 Å². The number of aliphatic carboxylic acids is 2. The van der Waals surface area contributed by atoms with E-state index in [0.29, 0.717) is 5.41 Å². The van der Waals surface area contributed by atoms with Crippen molar-refractivity contribution in [3.8, 4) is 0 Å². The van der Waals surface area contributed by atoms with Crippen molar-refractivity contribution in [2.24, 2.45) is 10.6 Å². The van der Waals surface area contributed by atoms with Gasteiger partial charge in [-0.3, -0.25) is 0 Å². The summed E-state index contributed by atoms with van der Waals surface area (Å²) >= 11 is 0. The molecule has 0 aromatic rings. The second-order valence-electron chi connectivity index (χ2n) is 4.53. The first kappa shape index (κ1) is 14.4. The molecule has 0 amide bonds. The third-order valence-corrected chi connectivity index (χ3v) is 3.52. The minimum Gasteiger partial charge on any atom is -0.473 e. The first-order valence-corrected chi connectivity index (χ1v) is 5.68. The molecule has 0 aliphatic carbocycles. The molecule has 2 fully saturated rings. The van der Waals surface area contributed by atoms with Crippen molar-refractivity contribution in [2.45, 2.75) is 19.8 Å². The van der Waals surface area contributed by atoms with Crippen molar-refractivity contribution in [1.29, 1.82) is 0 Å². The van der Waals surface area contributed by atoms with Crippen LogP contribution in [-0.2, 0) is 14.4 Å². The molecule has 7 heteroatoms. The van der Waals surface area contributed by atoms with E-state index in [-0.39, 0.29) is 0 Å². The zero-order valence-corrected chi connectivity index (χ0v) is 10.5. The minimum absolute atomic E-state index is 0.371. The van der Waals surface area contributed by atoms with Crippen LogP contribution in [0.3, 0.4) is 0 Å². The molecule has 2 aliphatic heterocycles. The van der Waals surface area contributed by atoms with Crippen molar-refractivity contribution < 1.29 is 24.6 Å². The summed E-state index contributed by atoms with van der Waals surface area (Å²) in [7, 11) is 1.63. The molecule has 0 atom stereocenters. The second kappa shape index (κ2) is 5.81. The van der Waals surface area contributed by atoms with Gasteiger partial charge in [0.1, 0.15) is 7.11 Å². The lowest BCUT2D eigenvalue weighted by Crippen LogP contribution is -2.27. The fourth-order valence-electron chi connectivity index (χ4n) is 2.44. The summed E-state index contributed by atoms with van der Waals surface area (Å²) in [5.74, 6) is -3.65. The molecule has 7 nitrogen and oxygen atoms in total. The molecule has 2 heterocycles. The van der Waals surface area contributed by atoms with E-state index in [1.54, 1.807) is 7.11 Å². The van der Waals surface area contributed by atoms with E-state index in [4.69, 9.17) is 24.6 Å². The van der Waals surface area contributed by atoms with Crippen LogP contribution in [0.25, 0.3) is 0 Å². The number of nitrogens with zero attached hydrogens (tertiary/aromatic N) is 2. The number of carboxylic acid groups (broad SMARTS) is 2. The molecule has 18 heavy (non-hydrogen) atoms. The Morgan fingerprint density at radius 3 is 2.00 bits per heavy atom. The van der Waals surface area contributed by atoms with Crippen LogP contribution in [0.5, 0.6) is 0 Å². The predicted octanol–water partition coefficient (Wildman–Crippen LogP) is 0.260. The van der Waals surface area contributed by atoms with Crippen molar-refractivity contribution >= 4 is 17.7 Å². The van der Waals surface area contributed by atoms with Crippen LogP contribution < -0.4 is 0 Å². The largest absolute Gasteiger partial charge is 0.473 e. The zero-order valence-electron chi connectivity index (χ0n) is 10.5. The van der Waals surface area contributed by atoms with Crippen molar-refractivity contribution in [3.63, 3.8) is 0 Å². The lowest BCUT2D eigenvalue weighted by molar-refractivity contribution is -0.159. The van der Waals surface area contributed by atoms with Gasteiger partial charge in [0.05, 0.1) is 5.71 Å². The van der Waals surface area contributed by atoms with E-state index in [0.717, 1.165) is 0 Å². The lowest BCUT2D eigenvalue weighted by atomic mass is 9.80. The Morgan fingerprint density at radius 1 is 1.22 bits per heavy atom.